The number of nitrogens with one attached hydrogen (secondary N) is 1. The number of halogens is 2. The van der Waals surface area contributed by atoms with Crippen molar-refractivity contribution in [2.24, 2.45) is 5.73 Å². The van der Waals surface area contributed by atoms with Crippen LogP contribution in [0, 0.1) is 0 Å². The molecule has 6 heteroatoms. The first-order chi connectivity index (χ1) is 9.99. The third kappa shape index (κ3) is 5.34. The minimum absolute atomic E-state index is 0. The van der Waals surface area contributed by atoms with Gasteiger partial charge in [0.1, 0.15) is 11.9 Å². The van der Waals surface area contributed by atoms with Gasteiger partial charge in [-0.3, -0.25) is 4.79 Å². The molecule has 124 valence electrons. The Morgan fingerprint density at radius 2 is 2.09 bits per heavy atom. The quantitative estimate of drug-likeness (QED) is 0.859. The lowest BCUT2D eigenvalue weighted by Gasteiger charge is -2.32. The summed E-state index contributed by atoms with van der Waals surface area (Å²) in [6.45, 7) is 2.34. The zero-order chi connectivity index (χ0) is 15.3. The van der Waals surface area contributed by atoms with Gasteiger partial charge in [-0.1, -0.05) is 36.9 Å². The molecule has 0 heterocycles. The first-order valence-electron chi connectivity index (χ1n) is 7.49. The molecule has 0 radical (unpaired) electrons. The van der Waals surface area contributed by atoms with E-state index in [2.05, 4.69) is 5.32 Å². The number of hydrogen-bond donors (Lipinski definition) is 2. The van der Waals surface area contributed by atoms with E-state index in [4.69, 9.17) is 22.1 Å². The Balaban J connectivity index is 0.00000242. The second-order valence-electron chi connectivity index (χ2n) is 5.81. The summed E-state index contributed by atoms with van der Waals surface area (Å²) in [4.78, 5) is 12.2. The molecule has 3 N–H and O–H groups in total. The summed E-state index contributed by atoms with van der Waals surface area (Å²) < 4.78 is 5.73. The predicted octanol–water partition coefficient (Wildman–Crippen LogP) is 3.31. The number of ether oxygens (including phenoxy) is 1. The summed E-state index contributed by atoms with van der Waals surface area (Å²) in [6.07, 6.45) is 4.61. The Labute approximate surface area is 143 Å². The molecule has 1 aromatic carbocycles. The molecule has 0 spiro atoms. The highest BCUT2D eigenvalue weighted by Crippen LogP contribution is 2.26. The maximum Gasteiger partial charge on any atom is 0.240 e. The first kappa shape index (κ1) is 19.1. The fourth-order valence-corrected chi connectivity index (χ4v) is 2.82. The average Bonchev–Trinajstić information content (AvgIpc) is 2.45. The minimum atomic E-state index is -0.700. The highest BCUT2D eigenvalue weighted by atomic mass is 35.5. The number of hydrogen-bond acceptors (Lipinski definition) is 3. The van der Waals surface area contributed by atoms with E-state index in [-0.39, 0.29) is 24.4 Å². The van der Waals surface area contributed by atoms with Crippen molar-refractivity contribution in [1.82, 2.24) is 5.32 Å². The number of nitrogens with two attached hydrogens (primary N) is 1. The average molecular weight is 347 g/mol. The van der Waals surface area contributed by atoms with Crippen molar-refractivity contribution in [3.63, 3.8) is 0 Å². The SMILES string of the molecule is CC(CNC(=O)C1(N)CCCCC1)Oc1cccc(Cl)c1.Cl. The van der Waals surface area contributed by atoms with Gasteiger partial charge in [-0.15, -0.1) is 12.4 Å². The molecule has 1 amide bonds. The molecule has 0 aliphatic heterocycles. The number of amides is 1. The van der Waals surface area contributed by atoms with E-state index in [1.54, 1.807) is 12.1 Å². The van der Waals surface area contributed by atoms with Gasteiger partial charge >= 0.3 is 0 Å². The third-order valence-corrected chi connectivity index (χ3v) is 4.12. The summed E-state index contributed by atoms with van der Waals surface area (Å²) in [5.74, 6) is 0.633. The number of rotatable bonds is 5. The van der Waals surface area contributed by atoms with E-state index in [0.717, 1.165) is 25.7 Å². The van der Waals surface area contributed by atoms with Gasteiger partial charge in [-0.25, -0.2) is 0 Å². The van der Waals surface area contributed by atoms with Crippen molar-refractivity contribution in [3.8, 4) is 5.75 Å². The van der Waals surface area contributed by atoms with Crippen LogP contribution in [0.5, 0.6) is 5.75 Å². The molecule has 1 aromatic rings. The summed E-state index contributed by atoms with van der Waals surface area (Å²) in [5.41, 5.74) is 5.49. The second-order valence-corrected chi connectivity index (χ2v) is 6.25. The molecular formula is C16H24Cl2N2O2. The van der Waals surface area contributed by atoms with Crippen LogP contribution in [0.1, 0.15) is 39.0 Å². The lowest BCUT2D eigenvalue weighted by atomic mass is 9.82. The van der Waals surface area contributed by atoms with Crippen LogP contribution in [0.25, 0.3) is 0 Å². The molecular weight excluding hydrogens is 323 g/mol. The van der Waals surface area contributed by atoms with Gasteiger partial charge in [0.15, 0.2) is 0 Å². The van der Waals surface area contributed by atoms with Gasteiger partial charge < -0.3 is 15.8 Å². The topological polar surface area (TPSA) is 64.4 Å². The van der Waals surface area contributed by atoms with E-state index >= 15 is 0 Å². The van der Waals surface area contributed by atoms with Gasteiger partial charge in [0.2, 0.25) is 5.91 Å². The van der Waals surface area contributed by atoms with Crippen LogP contribution in [0.15, 0.2) is 24.3 Å². The fraction of sp³-hybridized carbons (Fsp3) is 0.562. The first-order valence-corrected chi connectivity index (χ1v) is 7.87. The van der Waals surface area contributed by atoms with Crippen LogP contribution in [-0.4, -0.2) is 24.1 Å². The Kier molecular flexibility index (Phi) is 7.46. The van der Waals surface area contributed by atoms with Gasteiger partial charge in [0.05, 0.1) is 12.1 Å². The Bertz CT molecular complexity index is 491. The normalized spacial score (nSPS) is 18.0. The van der Waals surface area contributed by atoms with Crippen LogP contribution in [0.3, 0.4) is 0 Å². The Morgan fingerprint density at radius 1 is 1.41 bits per heavy atom. The van der Waals surface area contributed by atoms with Crippen molar-refractivity contribution in [2.45, 2.75) is 50.7 Å². The largest absolute Gasteiger partial charge is 0.489 e. The molecule has 22 heavy (non-hydrogen) atoms. The highest BCUT2D eigenvalue weighted by molar-refractivity contribution is 6.30. The fourth-order valence-electron chi connectivity index (χ4n) is 2.64. The summed E-state index contributed by atoms with van der Waals surface area (Å²) in [5, 5.41) is 3.54. The lowest BCUT2D eigenvalue weighted by Crippen LogP contribution is -2.56. The van der Waals surface area contributed by atoms with E-state index in [9.17, 15) is 4.79 Å². The third-order valence-electron chi connectivity index (χ3n) is 3.88. The van der Waals surface area contributed by atoms with Gasteiger partial charge in [0.25, 0.3) is 0 Å². The molecule has 1 aliphatic carbocycles. The summed E-state index contributed by atoms with van der Waals surface area (Å²) in [6, 6.07) is 7.23. The molecule has 1 fully saturated rings. The van der Waals surface area contributed by atoms with Crippen LogP contribution in [0.2, 0.25) is 5.02 Å². The van der Waals surface area contributed by atoms with Crippen LogP contribution >= 0.6 is 24.0 Å². The maximum absolute atomic E-state index is 12.2. The monoisotopic (exact) mass is 346 g/mol. The molecule has 0 bridgehead atoms. The standard InChI is InChI=1S/C16H23ClN2O2.ClH/c1-12(21-14-7-5-6-13(17)10-14)11-19-15(20)16(18)8-3-2-4-9-16;/h5-7,10,12H,2-4,8-9,11,18H2,1H3,(H,19,20);1H. The van der Waals surface area contributed by atoms with E-state index < -0.39 is 5.54 Å². The molecule has 2 rings (SSSR count). The number of carbonyl (C=O) groups excluding carboxylic acids is 1. The Hall–Kier alpha value is -0.970. The van der Waals surface area contributed by atoms with Crippen LogP contribution in [0.4, 0.5) is 0 Å². The molecule has 1 atom stereocenters. The molecule has 1 unspecified atom stereocenters. The molecule has 1 saturated carbocycles. The van der Waals surface area contributed by atoms with Crippen LogP contribution in [-0.2, 0) is 4.79 Å². The van der Waals surface area contributed by atoms with E-state index in [0.29, 0.717) is 17.3 Å². The number of carbonyl (C=O) groups is 1. The molecule has 0 aromatic heterocycles. The predicted molar refractivity (Wildman–Crippen MR) is 91.8 cm³/mol. The van der Waals surface area contributed by atoms with Gasteiger partial charge in [-0.05, 0) is 38.0 Å². The van der Waals surface area contributed by atoms with E-state index in [1.165, 1.54) is 6.42 Å². The minimum Gasteiger partial charge on any atom is -0.489 e. The second kappa shape index (κ2) is 8.61. The van der Waals surface area contributed by atoms with Gasteiger partial charge in [-0.2, -0.15) is 0 Å². The lowest BCUT2D eigenvalue weighted by molar-refractivity contribution is -0.127. The summed E-state index contributed by atoms with van der Waals surface area (Å²) >= 11 is 5.91. The Morgan fingerprint density at radius 3 is 2.73 bits per heavy atom. The van der Waals surface area contributed by atoms with E-state index in [1.807, 2.05) is 19.1 Å². The van der Waals surface area contributed by atoms with Gasteiger partial charge in [0, 0.05) is 5.02 Å². The summed E-state index contributed by atoms with van der Waals surface area (Å²) in [7, 11) is 0. The smallest absolute Gasteiger partial charge is 0.240 e. The van der Waals surface area contributed by atoms with Crippen molar-refractivity contribution in [2.75, 3.05) is 6.54 Å². The van der Waals surface area contributed by atoms with Crippen LogP contribution < -0.4 is 15.8 Å². The van der Waals surface area contributed by atoms with Crippen molar-refractivity contribution in [1.29, 1.82) is 0 Å². The molecule has 4 nitrogen and oxygen atoms in total. The van der Waals surface area contributed by atoms with Crippen molar-refractivity contribution < 1.29 is 9.53 Å². The molecule has 0 saturated heterocycles. The number of benzene rings is 1. The molecule has 1 aliphatic rings. The zero-order valence-corrected chi connectivity index (χ0v) is 14.4. The van der Waals surface area contributed by atoms with Crippen molar-refractivity contribution in [3.05, 3.63) is 29.3 Å². The zero-order valence-electron chi connectivity index (χ0n) is 12.8. The highest BCUT2D eigenvalue weighted by Gasteiger charge is 2.35. The van der Waals surface area contributed by atoms with Crippen molar-refractivity contribution >= 4 is 29.9 Å². The maximum atomic E-state index is 12.2.